The molecule has 0 saturated carbocycles. The summed E-state index contributed by atoms with van der Waals surface area (Å²) in [5.74, 6) is 0.530. The van der Waals surface area contributed by atoms with E-state index in [0.29, 0.717) is 28.2 Å². The molecular formula is C17H23BrClNO4S. The molecule has 2 rings (SSSR count). The maximum Gasteiger partial charge on any atom is 0.263 e. The second-order valence-corrected chi connectivity index (χ2v) is 9.80. The number of nitrogens with zero attached hydrogens (tertiary/aromatic N) is 1. The summed E-state index contributed by atoms with van der Waals surface area (Å²) in [6, 6.07) is 4.83. The zero-order valence-corrected chi connectivity index (χ0v) is 17.5. The Morgan fingerprint density at radius 1 is 1.48 bits per heavy atom. The fraction of sp³-hybridized carbons (Fsp3) is 0.588. The van der Waals surface area contributed by atoms with Crippen LogP contribution in [0.25, 0.3) is 0 Å². The van der Waals surface area contributed by atoms with Crippen LogP contribution in [-0.2, 0) is 14.6 Å². The fourth-order valence-corrected chi connectivity index (χ4v) is 5.37. The molecule has 1 saturated heterocycles. The Morgan fingerprint density at radius 2 is 2.20 bits per heavy atom. The van der Waals surface area contributed by atoms with Crippen molar-refractivity contribution in [3.8, 4) is 5.75 Å². The number of amides is 1. The number of halogens is 2. The number of sulfone groups is 1. The second kappa shape index (κ2) is 8.73. The van der Waals surface area contributed by atoms with Gasteiger partial charge in [0, 0.05) is 17.6 Å². The van der Waals surface area contributed by atoms with Crippen LogP contribution >= 0.6 is 27.5 Å². The van der Waals surface area contributed by atoms with Gasteiger partial charge in [-0.15, -0.1) is 0 Å². The minimum Gasteiger partial charge on any atom is -0.480 e. The van der Waals surface area contributed by atoms with E-state index in [0.717, 1.165) is 12.8 Å². The molecule has 1 heterocycles. The topological polar surface area (TPSA) is 63.7 Å². The number of unbranched alkanes of at least 4 members (excludes halogenated alkanes) is 1. The molecule has 0 bridgehead atoms. The Hall–Kier alpha value is -0.790. The summed E-state index contributed by atoms with van der Waals surface area (Å²) >= 11 is 9.29. The lowest BCUT2D eigenvalue weighted by Crippen LogP contribution is -2.47. The highest BCUT2D eigenvalue weighted by molar-refractivity contribution is 9.10. The van der Waals surface area contributed by atoms with Crippen LogP contribution in [0, 0.1) is 0 Å². The van der Waals surface area contributed by atoms with Crippen molar-refractivity contribution >= 4 is 43.3 Å². The molecule has 0 aromatic heterocycles. The molecule has 0 spiro atoms. The van der Waals surface area contributed by atoms with Gasteiger partial charge in [-0.25, -0.2) is 8.42 Å². The molecule has 5 nitrogen and oxygen atoms in total. The molecule has 1 amide bonds. The molecule has 1 fully saturated rings. The van der Waals surface area contributed by atoms with Crippen LogP contribution < -0.4 is 4.74 Å². The SMILES string of the molecule is CCCCN(C(=O)C(C)Oc1ccc(Cl)cc1Br)C1CCS(=O)(=O)C1. The van der Waals surface area contributed by atoms with Gasteiger partial charge >= 0.3 is 0 Å². The predicted octanol–water partition coefficient (Wildman–Crippen LogP) is 3.69. The van der Waals surface area contributed by atoms with Crippen LogP contribution in [0.2, 0.25) is 5.02 Å². The molecule has 2 unspecified atom stereocenters. The zero-order chi connectivity index (χ0) is 18.6. The molecule has 2 atom stereocenters. The number of hydrogen-bond acceptors (Lipinski definition) is 4. The third-order valence-corrected chi connectivity index (χ3v) is 6.84. The Labute approximate surface area is 162 Å². The predicted molar refractivity (Wildman–Crippen MR) is 103 cm³/mol. The maximum absolute atomic E-state index is 12.9. The minimum absolute atomic E-state index is 0.0415. The van der Waals surface area contributed by atoms with Gasteiger partial charge in [-0.05, 0) is 53.9 Å². The summed E-state index contributed by atoms with van der Waals surface area (Å²) in [7, 11) is -3.05. The fourth-order valence-electron chi connectivity index (χ4n) is 2.87. The van der Waals surface area contributed by atoms with Crippen molar-refractivity contribution in [3.63, 3.8) is 0 Å². The summed E-state index contributed by atoms with van der Waals surface area (Å²) in [5, 5.41) is 0.568. The Kier molecular flexibility index (Phi) is 7.17. The maximum atomic E-state index is 12.9. The van der Waals surface area contributed by atoms with Crippen molar-refractivity contribution in [2.75, 3.05) is 18.1 Å². The van der Waals surface area contributed by atoms with E-state index in [9.17, 15) is 13.2 Å². The third kappa shape index (κ3) is 5.59. The Bertz CT molecular complexity index is 725. The smallest absolute Gasteiger partial charge is 0.263 e. The van der Waals surface area contributed by atoms with Gasteiger partial charge in [-0.1, -0.05) is 24.9 Å². The number of ether oxygens (including phenoxy) is 1. The number of rotatable bonds is 7. The van der Waals surface area contributed by atoms with E-state index in [1.165, 1.54) is 0 Å². The van der Waals surface area contributed by atoms with E-state index in [4.69, 9.17) is 16.3 Å². The summed E-state index contributed by atoms with van der Waals surface area (Å²) in [6.07, 6.45) is 1.55. The van der Waals surface area contributed by atoms with Crippen molar-refractivity contribution in [1.29, 1.82) is 0 Å². The monoisotopic (exact) mass is 451 g/mol. The van der Waals surface area contributed by atoms with Crippen LogP contribution in [0.4, 0.5) is 0 Å². The first-order valence-electron chi connectivity index (χ1n) is 8.36. The van der Waals surface area contributed by atoms with Crippen molar-refractivity contribution in [2.24, 2.45) is 0 Å². The van der Waals surface area contributed by atoms with Gasteiger partial charge < -0.3 is 9.64 Å². The van der Waals surface area contributed by atoms with E-state index in [2.05, 4.69) is 15.9 Å². The highest BCUT2D eigenvalue weighted by atomic mass is 79.9. The minimum atomic E-state index is -3.05. The van der Waals surface area contributed by atoms with E-state index in [1.807, 2.05) is 6.92 Å². The first-order chi connectivity index (χ1) is 11.7. The lowest BCUT2D eigenvalue weighted by molar-refractivity contribution is -0.140. The number of benzene rings is 1. The molecule has 0 aliphatic carbocycles. The van der Waals surface area contributed by atoms with Crippen LogP contribution in [-0.4, -0.2) is 49.4 Å². The molecule has 1 aromatic rings. The van der Waals surface area contributed by atoms with Crippen molar-refractivity contribution in [2.45, 2.75) is 45.3 Å². The van der Waals surface area contributed by atoms with E-state index >= 15 is 0 Å². The van der Waals surface area contributed by atoms with E-state index < -0.39 is 15.9 Å². The quantitative estimate of drug-likeness (QED) is 0.633. The van der Waals surface area contributed by atoms with Gasteiger partial charge in [0.05, 0.1) is 16.0 Å². The van der Waals surface area contributed by atoms with Crippen LogP contribution in [0.5, 0.6) is 5.75 Å². The third-order valence-electron chi connectivity index (χ3n) is 4.23. The first kappa shape index (κ1) is 20.5. The summed E-state index contributed by atoms with van der Waals surface area (Å²) in [4.78, 5) is 14.6. The molecule has 8 heteroatoms. The number of hydrogen-bond donors (Lipinski definition) is 0. The molecule has 25 heavy (non-hydrogen) atoms. The standard InChI is InChI=1S/C17H23BrClNO4S/c1-3-4-8-20(14-7-9-25(22,23)11-14)17(21)12(2)24-16-6-5-13(19)10-15(16)18/h5-6,10,12,14H,3-4,7-9,11H2,1-2H3. The van der Waals surface area contributed by atoms with E-state index in [1.54, 1.807) is 30.0 Å². The molecule has 0 N–H and O–H groups in total. The van der Waals surface area contributed by atoms with Gasteiger partial charge in [0.25, 0.3) is 5.91 Å². The highest BCUT2D eigenvalue weighted by Gasteiger charge is 2.36. The normalized spacial score (nSPS) is 20.2. The van der Waals surface area contributed by atoms with Crippen LogP contribution in [0.3, 0.4) is 0 Å². The van der Waals surface area contributed by atoms with Gasteiger partial charge in [-0.2, -0.15) is 0 Å². The Morgan fingerprint density at radius 3 is 2.76 bits per heavy atom. The van der Waals surface area contributed by atoms with Gasteiger partial charge in [0.15, 0.2) is 15.9 Å². The first-order valence-corrected chi connectivity index (χ1v) is 11.4. The highest BCUT2D eigenvalue weighted by Crippen LogP contribution is 2.29. The molecule has 1 aliphatic rings. The molecule has 1 aliphatic heterocycles. The number of carbonyl (C=O) groups excluding carboxylic acids is 1. The summed E-state index contributed by atoms with van der Waals surface area (Å²) in [6.45, 7) is 4.27. The van der Waals surface area contributed by atoms with Gasteiger partial charge in [0.1, 0.15) is 5.75 Å². The largest absolute Gasteiger partial charge is 0.480 e. The lowest BCUT2D eigenvalue weighted by atomic mass is 10.1. The van der Waals surface area contributed by atoms with Crippen molar-refractivity contribution in [1.82, 2.24) is 4.90 Å². The average molecular weight is 453 g/mol. The summed E-state index contributed by atoms with van der Waals surface area (Å²) < 4.78 is 30.0. The van der Waals surface area contributed by atoms with Crippen LogP contribution in [0.1, 0.15) is 33.1 Å². The number of carbonyl (C=O) groups is 1. The van der Waals surface area contributed by atoms with Gasteiger partial charge in [0.2, 0.25) is 0 Å². The molecular weight excluding hydrogens is 430 g/mol. The van der Waals surface area contributed by atoms with Crippen molar-refractivity contribution < 1.29 is 17.9 Å². The van der Waals surface area contributed by atoms with Gasteiger partial charge in [-0.3, -0.25) is 4.79 Å². The molecule has 0 radical (unpaired) electrons. The van der Waals surface area contributed by atoms with Crippen molar-refractivity contribution in [3.05, 3.63) is 27.7 Å². The second-order valence-electron chi connectivity index (χ2n) is 6.28. The molecule has 1 aromatic carbocycles. The van der Waals surface area contributed by atoms with E-state index in [-0.39, 0.29) is 23.5 Å². The molecule has 140 valence electrons. The zero-order valence-electron chi connectivity index (χ0n) is 14.4. The summed E-state index contributed by atoms with van der Waals surface area (Å²) in [5.41, 5.74) is 0. The lowest BCUT2D eigenvalue weighted by Gasteiger charge is -2.31. The Balaban J connectivity index is 2.11. The van der Waals surface area contributed by atoms with Crippen LogP contribution in [0.15, 0.2) is 22.7 Å². The average Bonchev–Trinajstić information content (AvgIpc) is 2.90.